The highest BCUT2D eigenvalue weighted by Crippen LogP contribution is 2.28. The summed E-state index contributed by atoms with van der Waals surface area (Å²) in [5, 5.41) is 13.5. The fraction of sp³-hybridized carbons (Fsp3) is 0.357. The molecule has 1 N–H and O–H groups in total. The molecular weight excluding hydrogens is 340 g/mol. The Kier molecular flexibility index (Phi) is 5.46. The van der Waals surface area contributed by atoms with Gasteiger partial charge in [-0.2, -0.15) is 0 Å². The fourth-order valence-corrected chi connectivity index (χ4v) is 2.42. The van der Waals surface area contributed by atoms with E-state index in [1.165, 1.54) is 18.2 Å². The molecule has 0 unspecified atom stereocenters. The molecule has 1 amide bonds. The van der Waals surface area contributed by atoms with E-state index in [1.54, 1.807) is 6.07 Å². The molecule has 1 fully saturated rings. The Labute approximate surface area is 130 Å². The lowest BCUT2D eigenvalue weighted by molar-refractivity contribution is -0.384. The molecule has 0 atom stereocenters. The van der Waals surface area contributed by atoms with Crippen LogP contribution in [0, 0.1) is 16.0 Å². The molecule has 1 saturated heterocycles. The second-order valence-electron chi connectivity index (χ2n) is 4.72. The molecule has 0 aromatic heterocycles. The summed E-state index contributed by atoms with van der Waals surface area (Å²) in [6.07, 6.45) is 5.05. The lowest BCUT2D eigenvalue weighted by Gasteiger charge is -2.18. The predicted octanol–water partition coefficient (Wildman–Crippen LogP) is 3.28. The van der Waals surface area contributed by atoms with Gasteiger partial charge in [-0.1, -0.05) is 22.0 Å². The van der Waals surface area contributed by atoms with Crippen LogP contribution in [0.5, 0.6) is 0 Å². The molecule has 21 heavy (non-hydrogen) atoms. The van der Waals surface area contributed by atoms with Gasteiger partial charge in [-0.05, 0) is 37.0 Å². The Morgan fingerprint density at radius 2 is 2.14 bits per heavy atom. The summed E-state index contributed by atoms with van der Waals surface area (Å²) < 4.78 is 5.83. The lowest BCUT2D eigenvalue weighted by atomic mass is 10.00. The number of rotatable bonds is 4. The van der Waals surface area contributed by atoms with E-state index in [2.05, 4.69) is 21.2 Å². The van der Waals surface area contributed by atoms with Crippen molar-refractivity contribution < 1.29 is 14.5 Å². The van der Waals surface area contributed by atoms with Crippen LogP contribution in [0.3, 0.4) is 0 Å². The van der Waals surface area contributed by atoms with Crippen LogP contribution in [0.4, 0.5) is 11.4 Å². The third-order valence-electron chi connectivity index (χ3n) is 3.20. The minimum atomic E-state index is -0.525. The molecule has 0 spiro atoms. The molecule has 6 nitrogen and oxygen atoms in total. The molecule has 1 aromatic rings. The average Bonchev–Trinajstić information content (AvgIpc) is 2.48. The van der Waals surface area contributed by atoms with E-state index in [4.69, 9.17) is 4.74 Å². The number of hydrogen-bond acceptors (Lipinski definition) is 4. The van der Waals surface area contributed by atoms with E-state index in [-0.39, 0.29) is 17.3 Å². The molecule has 1 heterocycles. The second-order valence-corrected chi connectivity index (χ2v) is 5.63. The van der Waals surface area contributed by atoms with E-state index in [9.17, 15) is 14.9 Å². The van der Waals surface area contributed by atoms with Crippen LogP contribution >= 0.6 is 15.9 Å². The van der Waals surface area contributed by atoms with Gasteiger partial charge in [0, 0.05) is 23.8 Å². The monoisotopic (exact) mass is 354 g/mol. The first-order valence-electron chi connectivity index (χ1n) is 6.57. The largest absolute Gasteiger partial charge is 0.381 e. The summed E-state index contributed by atoms with van der Waals surface area (Å²) in [7, 11) is 0. The minimum absolute atomic E-state index is 0.141. The van der Waals surface area contributed by atoms with Gasteiger partial charge in [0.1, 0.15) is 5.69 Å². The SMILES string of the molecule is O=C(/C=C/C1CCOCC1)Nc1ccc(Br)cc1[N+](=O)[O-]. The Hall–Kier alpha value is -1.73. The zero-order chi connectivity index (χ0) is 15.2. The van der Waals surface area contributed by atoms with Gasteiger partial charge in [-0.3, -0.25) is 14.9 Å². The highest BCUT2D eigenvalue weighted by Gasteiger charge is 2.16. The Bertz CT molecular complexity index is 568. The molecule has 2 rings (SSSR count). The van der Waals surface area contributed by atoms with Gasteiger partial charge >= 0.3 is 0 Å². The number of allylic oxidation sites excluding steroid dienone is 1. The zero-order valence-electron chi connectivity index (χ0n) is 11.3. The molecule has 1 aliphatic rings. The first kappa shape index (κ1) is 15.7. The summed E-state index contributed by atoms with van der Waals surface area (Å²) in [6.45, 7) is 1.41. The molecule has 7 heteroatoms. The maximum absolute atomic E-state index is 11.9. The number of nitro groups is 1. The molecule has 0 saturated carbocycles. The Balaban J connectivity index is 2.02. The van der Waals surface area contributed by atoms with Crippen molar-refractivity contribution in [2.24, 2.45) is 5.92 Å². The number of nitrogens with zero attached hydrogens (tertiary/aromatic N) is 1. The number of nitrogens with one attached hydrogen (secondary N) is 1. The Morgan fingerprint density at radius 3 is 2.81 bits per heavy atom. The van der Waals surface area contributed by atoms with Gasteiger partial charge in [0.25, 0.3) is 5.69 Å². The van der Waals surface area contributed by atoms with Crippen molar-refractivity contribution in [1.29, 1.82) is 0 Å². The minimum Gasteiger partial charge on any atom is -0.381 e. The molecular formula is C14H15BrN2O4. The van der Waals surface area contributed by atoms with E-state index in [0.717, 1.165) is 12.8 Å². The van der Waals surface area contributed by atoms with E-state index >= 15 is 0 Å². The number of amides is 1. The van der Waals surface area contributed by atoms with Crippen molar-refractivity contribution in [3.05, 3.63) is 44.9 Å². The fourth-order valence-electron chi connectivity index (χ4n) is 2.07. The lowest BCUT2D eigenvalue weighted by Crippen LogP contribution is -2.15. The number of ether oxygens (including phenoxy) is 1. The molecule has 0 aliphatic carbocycles. The van der Waals surface area contributed by atoms with Crippen LogP contribution < -0.4 is 5.32 Å². The summed E-state index contributed by atoms with van der Waals surface area (Å²) >= 11 is 3.17. The summed E-state index contributed by atoms with van der Waals surface area (Å²) in [4.78, 5) is 22.3. The number of nitro benzene ring substituents is 1. The average molecular weight is 355 g/mol. The molecule has 1 aromatic carbocycles. The standard InChI is InChI=1S/C14H15BrN2O4/c15-11-2-3-12(13(9-11)17(19)20)16-14(18)4-1-10-5-7-21-8-6-10/h1-4,9-10H,5-8H2,(H,16,18)/b4-1+. The summed E-state index contributed by atoms with van der Waals surface area (Å²) in [6, 6.07) is 4.50. The molecule has 0 bridgehead atoms. The van der Waals surface area contributed by atoms with E-state index < -0.39 is 4.92 Å². The van der Waals surface area contributed by atoms with Crippen molar-refractivity contribution >= 4 is 33.2 Å². The number of halogens is 1. The van der Waals surface area contributed by atoms with E-state index in [1.807, 2.05) is 6.08 Å². The van der Waals surface area contributed by atoms with Crippen molar-refractivity contribution in [1.82, 2.24) is 0 Å². The van der Waals surface area contributed by atoms with Gasteiger partial charge in [0.2, 0.25) is 5.91 Å². The van der Waals surface area contributed by atoms with Crippen LogP contribution in [-0.4, -0.2) is 24.0 Å². The van der Waals surface area contributed by atoms with Crippen LogP contribution in [0.2, 0.25) is 0 Å². The van der Waals surface area contributed by atoms with Crippen molar-refractivity contribution in [3.8, 4) is 0 Å². The highest BCUT2D eigenvalue weighted by atomic mass is 79.9. The highest BCUT2D eigenvalue weighted by molar-refractivity contribution is 9.10. The van der Waals surface area contributed by atoms with Gasteiger partial charge in [0.15, 0.2) is 0 Å². The van der Waals surface area contributed by atoms with E-state index in [0.29, 0.717) is 23.6 Å². The maximum Gasteiger partial charge on any atom is 0.293 e. The van der Waals surface area contributed by atoms with Crippen molar-refractivity contribution in [2.75, 3.05) is 18.5 Å². The molecule has 0 radical (unpaired) electrons. The Morgan fingerprint density at radius 1 is 1.43 bits per heavy atom. The third-order valence-corrected chi connectivity index (χ3v) is 3.69. The second kappa shape index (κ2) is 7.33. The predicted molar refractivity (Wildman–Crippen MR) is 82.1 cm³/mol. The van der Waals surface area contributed by atoms with Gasteiger partial charge in [-0.15, -0.1) is 0 Å². The van der Waals surface area contributed by atoms with Crippen molar-refractivity contribution in [3.63, 3.8) is 0 Å². The quantitative estimate of drug-likeness (QED) is 0.511. The molecule has 1 aliphatic heterocycles. The van der Waals surface area contributed by atoms with Crippen LogP contribution in [0.15, 0.2) is 34.8 Å². The third kappa shape index (κ3) is 4.64. The van der Waals surface area contributed by atoms with Crippen LogP contribution in [0.25, 0.3) is 0 Å². The molecule has 112 valence electrons. The van der Waals surface area contributed by atoms with Gasteiger partial charge in [-0.25, -0.2) is 0 Å². The van der Waals surface area contributed by atoms with Crippen LogP contribution in [-0.2, 0) is 9.53 Å². The number of carbonyl (C=O) groups excluding carboxylic acids is 1. The first-order chi connectivity index (χ1) is 10.1. The van der Waals surface area contributed by atoms with Gasteiger partial charge in [0.05, 0.1) is 4.92 Å². The summed E-state index contributed by atoms with van der Waals surface area (Å²) in [5.41, 5.74) is 0.0435. The number of benzene rings is 1. The number of hydrogen-bond donors (Lipinski definition) is 1. The normalized spacial score (nSPS) is 16.0. The smallest absolute Gasteiger partial charge is 0.293 e. The zero-order valence-corrected chi connectivity index (χ0v) is 12.8. The number of carbonyl (C=O) groups is 1. The topological polar surface area (TPSA) is 81.5 Å². The number of anilines is 1. The first-order valence-corrected chi connectivity index (χ1v) is 7.36. The van der Waals surface area contributed by atoms with Crippen molar-refractivity contribution in [2.45, 2.75) is 12.8 Å². The maximum atomic E-state index is 11.9. The van der Waals surface area contributed by atoms with Gasteiger partial charge < -0.3 is 10.1 Å². The van der Waals surface area contributed by atoms with Crippen LogP contribution in [0.1, 0.15) is 12.8 Å². The summed E-state index contributed by atoms with van der Waals surface area (Å²) in [5.74, 6) is -0.0451.